The number of anilines is 1. The molecule has 0 bridgehead atoms. The van der Waals surface area contributed by atoms with E-state index >= 15 is 0 Å². The summed E-state index contributed by atoms with van der Waals surface area (Å²) in [6, 6.07) is 4.55. The van der Waals surface area contributed by atoms with Gasteiger partial charge in [0.05, 0.1) is 0 Å². The quantitative estimate of drug-likeness (QED) is 0.826. The predicted molar refractivity (Wildman–Crippen MR) is 81.9 cm³/mol. The van der Waals surface area contributed by atoms with Crippen LogP contribution < -0.4 is 11.1 Å². The van der Waals surface area contributed by atoms with Gasteiger partial charge in [0.15, 0.2) is 0 Å². The fourth-order valence-corrected chi connectivity index (χ4v) is 3.04. The fourth-order valence-electron chi connectivity index (χ4n) is 2.87. The molecule has 4 heteroatoms. The van der Waals surface area contributed by atoms with Crippen molar-refractivity contribution in [1.82, 2.24) is 0 Å². The van der Waals surface area contributed by atoms with E-state index in [1.807, 2.05) is 0 Å². The summed E-state index contributed by atoms with van der Waals surface area (Å²) in [5, 5.41) is 3.38. The van der Waals surface area contributed by atoms with E-state index < -0.39 is 0 Å². The first-order chi connectivity index (χ1) is 9.06. The van der Waals surface area contributed by atoms with Crippen LogP contribution in [0.3, 0.4) is 0 Å². The van der Waals surface area contributed by atoms with Crippen LogP contribution in [-0.4, -0.2) is 11.5 Å². The third-order valence-corrected chi connectivity index (χ3v) is 4.09. The lowest BCUT2D eigenvalue weighted by molar-refractivity contribution is 0.293. The Morgan fingerprint density at radius 2 is 2.26 bits per heavy atom. The average molecular weight is 280 g/mol. The highest BCUT2D eigenvalue weighted by atomic mass is 32.1. The molecule has 1 aliphatic carbocycles. The van der Waals surface area contributed by atoms with Crippen molar-refractivity contribution in [2.45, 2.75) is 32.6 Å². The molecule has 0 radical (unpaired) electrons. The van der Waals surface area contributed by atoms with E-state index in [-0.39, 0.29) is 10.8 Å². The van der Waals surface area contributed by atoms with E-state index in [1.54, 1.807) is 6.07 Å². The minimum atomic E-state index is -0.306. The zero-order valence-corrected chi connectivity index (χ0v) is 12.1. The van der Waals surface area contributed by atoms with Crippen molar-refractivity contribution in [2.24, 2.45) is 17.6 Å². The smallest absolute Gasteiger partial charge is 0.124 e. The molecule has 19 heavy (non-hydrogen) atoms. The van der Waals surface area contributed by atoms with Crippen LogP contribution in [0.2, 0.25) is 0 Å². The van der Waals surface area contributed by atoms with Crippen molar-refractivity contribution in [3.05, 3.63) is 29.6 Å². The lowest BCUT2D eigenvalue weighted by Gasteiger charge is -2.27. The zero-order valence-electron chi connectivity index (χ0n) is 11.3. The van der Waals surface area contributed by atoms with E-state index in [9.17, 15) is 4.39 Å². The van der Waals surface area contributed by atoms with Gasteiger partial charge in [-0.2, -0.15) is 0 Å². The van der Waals surface area contributed by atoms with Crippen molar-refractivity contribution in [3.63, 3.8) is 0 Å². The number of nitrogens with one attached hydrogen (secondary N) is 1. The number of hydrogen-bond donors (Lipinski definition) is 2. The molecule has 2 rings (SSSR count). The van der Waals surface area contributed by atoms with Gasteiger partial charge in [-0.15, -0.1) is 0 Å². The Kier molecular flexibility index (Phi) is 4.75. The van der Waals surface area contributed by atoms with Gasteiger partial charge in [-0.3, -0.25) is 0 Å². The fraction of sp³-hybridized carbons (Fsp3) is 0.533. The van der Waals surface area contributed by atoms with Gasteiger partial charge in [-0.1, -0.05) is 32.0 Å². The van der Waals surface area contributed by atoms with E-state index in [0.29, 0.717) is 11.5 Å². The van der Waals surface area contributed by atoms with Gasteiger partial charge >= 0.3 is 0 Å². The van der Waals surface area contributed by atoms with Crippen molar-refractivity contribution in [3.8, 4) is 0 Å². The molecular formula is C15H21FN2S. The molecule has 2 unspecified atom stereocenters. The molecule has 0 amide bonds. The highest BCUT2D eigenvalue weighted by Crippen LogP contribution is 2.29. The van der Waals surface area contributed by atoms with Crippen LogP contribution >= 0.6 is 12.2 Å². The van der Waals surface area contributed by atoms with Gasteiger partial charge in [0, 0.05) is 17.8 Å². The maximum atomic E-state index is 13.2. The summed E-state index contributed by atoms with van der Waals surface area (Å²) in [5.41, 5.74) is 7.08. The highest BCUT2D eigenvalue weighted by molar-refractivity contribution is 7.80. The lowest BCUT2D eigenvalue weighted by atomic mass is 9.82. The van der Waals surface area contributed by atoms with Crippen LogP contribution in [0, 0.1) is 17.7 Å². The second-order valence-corrected chi connectivity index (χ2v) is 6.01. The Morgan fingerprint density at radius 1 is 1.47 bits per heavy atom. The molecule has 1 aromatic rings. The number of rotatable bonds is 4. The first kappa shape index (κ1) is 14.3. The molecule has 2 atom stereocenters. The molecule has 0 spiro atoms. The Morgan fingerprint density at radius 3 is 2.95 bits per heavy atom. The first-order valence-corrected chi connectivity index (χ1v) is 7.30. The number of benzene rings is 1. The van der Waals surface area contributed by atoms with E-state index in [1.165, 1.54) is 37.8 Å². The molecule has 3 N–H and O–H groups in total. The zero-order chi connectivity index (χ0) is 13.8. The van der Waals surface area contributed by atoms with E-state index in [2.05, 4.69) is 12.2 Å². The van der Waals surface area contributed by atoms with Gasteiger partial charge in [-0.25, -0.2) is 4.39 Å². The first-order valence-electron chi connectivity index (χ1n) is 6.89. The molecule has 1 fully saturated rings. The third-order valence-electron chi connectivity index (χ3n) is 3.87. The summed E-state index contributed by atoms with van der Waals surface area (Å²) in [7, 11) is 0. The maximum absolute atomic E-state index is 13.2. The topological polar surface area (TPSA) is 38.0 Å². The van der Waals surface area contributed by atoms with Crippen molar-refractivity contribution >= 4 is 22.9 Å². The minimum absolute atomic E-state index is 0.235. The molecule has 1 saturated carbocycles. The van der Waals surface area contributed by atoms with E-state index in [4.69, 9.17) is 18.0 Å². The molecule has 0 saturated heterocycles. The van der Waals surface area contributed by atoms with Crippen LogP contribution in [-0.2, 0) is 0 Å². The highest BCUT2D eigenvalue weighted by Gasteiger charge is 2.19. The molecule has 0 aromatic heterocycles. The Hall–Kier alpha value is -1.16. The number of thiocarbonyl (C=S) groups is 1. The molecule has 0 aliphatic heterocycles. The van der Waals surface area contributed by atoms with Crippen LogP contribution in [0.25, 0.3) is 0 Å². The van der Waals surface area contributed by atoms with Crippen molar-refractivity contribution in [1.29, 1.82) is 0 Å². The largest absolute Gasteiger partial charge is 0.389 e. The lowest BCUT2D eigenvalue weighted by Crippen LogP contribution is -2.22. The third kappa shape index (κ3) is 3.90. The SMILES string of the molecule is CC1CCCC(CNc2ccc(F)cc2C(N)=S)C1. The summed E-state index contributed by atoms with van der Waals surface area (Å²) >= 11 is 4.97. The molecule has 2 nitrogen and oxygen atoms in total. The summed E-state index contributed by atoms with van der Waals surface area (Å²) in [4.78, 5) is 0.235. The molecule has 104 valence electrons. The predicted octanol–water partition coefficient (Wildman–Crippen LogP) is 3.70. The number of halogens is 1. The summed E-state index contributed by atoms with van der Waals surface area (Å²) < 4.78 is 13.2. The van der Waals surface area contributed by atoms with Gasteiger partial charge in [0.25, 0.3) is 0 Å². The number of nitrogens with two attached hydrogens (primary N) is 1. The normalized spacial score (nSPS) is 23.1. The molecular weight excluding hydrogens is 259 g/mol. The van der Waals surface area contributed by atoms with E-state index in [0.717, 1.165) is 18.2 Å². The summed E-state index contributed by atoms with van der Waals surface area (Å²) in [6.45, 7) is 3.22. The van der Waals surface area contributed by atoms with Gasteiger partial charge in [0.2, 0.25) is 0 Å². The Bertz CT molecular complexity index is 461. The van der Waals surface area contributed by atoms with Crippen LogP contribution in [0.1, 0.15) is 38.2 Å². The number of hydrogen-bond acceptors (Lipinski definition) is 2. The van der Waals surface area contributed by atoms with Crippen LogP contribution in [0.15, 0.2) is 18.2 Å². The summed E-state index contributed by atoms with van der Waals surface area (Å²) in [5.74, 6) is 1.19. The second-order valence-electron chi connectivity index (χ2n) is 5.57. The second kappa shape index (κ2) is 6.33. The summed E-state index contributed by atoms with van der Waals surface area (Å²) in [6.07, 6.45) is 5.17. The standard InChI is InChI=1S/C15H21FN2S/c1-10-3-2-4-11(7-10)9-18-14-6-5-12(16)8-13(14)15(17)19/h5-6,8,10-11,18H,2-4,7,9H2,1H3,(H2,17,19). The van der Waals surface area contributed by atoms with Gasteiger partial charge in [-0.05, 0) is 42.9 Å². The minimum Gasteiger partial charge on any atom is -0.389 e. The van der Waals surface area contributed by atoms with Crippen molar-refractivity contribution < 1.29 is 4.39 Å². The van der Waals surface area contributed by atoms with Crippen LogP contribution in [0.4, 0.5) is 10.1 Å². The van der Waals surface area contributed by atoms with Gasteiger partial charge in [0.1, 0.15) is 10.8 Å². The molecule has 1 aromatic carbocycles. The monoisotopic (exact) mass is 280 g/mol. The van der Waals surface area contributed by atoms with Crippen LogP contribution in [0.5, 0.6) is 0 Å². The van der Waals surface area contributed by atoms with Gasteiger partial charge < -0.3 is 11.1 Å². The van der Waals surface area contributed by atoms with Crippen molar-refractivity contribution in [2.75, 3.05) is 11.9 Å². The average Bonchev–Trinajstić information content (AvgIpc) is 2.37. The Labute approximate surface area is 119 Å². The molecule has 0 heterocycles. The molecule has 1 aliphatic rings. The maximum Gasteiger partial charge on any atom is 0.124 e. The Balaban J connectivity index is 2.01.